The molecule has 0 bridgehead atoms. The molecule has 0 radical (unpaired) electrons. The Morgan fingerprint density at radius 3 is 2.31 bits per heavy atom. The molecule has 1 rings (SSSR count). The minimum absolute atomic E-state index is 0.641. The maximum Gasteiger partial charge on any atom is 0.0254 e. The number of halogens is 1. The van der Waals surface area contributed by atoms with Gasteiger partial charge in [0.1, 0.15) is 0 Å². The van der Waals surface area contributed by atoms with Gasteiger partial charge in [-0.2, -0.15) is 0 Å². The van der Waals surface area contributed by atoms with Crippen LogP contribution in [0.25, 0.3) is 0 Å². The lowest BCUT2D eigenvalue weighted by atomic mass is 9.94. The van der Waals surface area contributed by atoms with E-state index in [2.05, 4.69) is 44.2 Å². The van der Waals surface area contributed by atoms with Crippen molar-refractivity contribution in [3.8, 4) is 0 Å². The molecule has 1 heteroatoms. The highest BCUT2D eigenvalue weighted by Gasteiger charge is 2.08. The van der Waals surface area contributed by atoms with Crippen LogP contribution in [0, 0.1) is 11.8 Å². The molecule has 0 saturated carbocycles. The van der Waals surface area contributed by atoms with E-state index in [1.807, 2.05) is 0 Å². The van der Waals surface area contributed by atoms with Gasteiger partial charge in [-0.1, -0.05) is 57.0 Å². The molecule has 0 aliphatic carbocycles. The van der Waals surface area contributed by atoms with Crippen LogP contribution in [0.1, 0.15) is 38.7 Å². The maximum atomic E-state index is 6.03. The average molecular weight is 239 g/mol. The highest BCUT2D eigenvalue weighted by molar-refractivity contribution is 6.18. The van der Waals surface area contributed by atoms with Crippen LogP contribution in [0.2, 0.25) is 0 Å². The van der Waals surface area contributed by atoms with Gasteiger partial charge in [-0.05, 0) is 30.2 Å². The summed E-state index contributed by atoms with van der Waals surface area (Å²) in [7, 11) is 0. The molecule has 1 aromatic rings. The molecule has 0 heterocycles. The fourth-order valence-electron chi connectivity index (χ4n) is 2.00. The SMILES string of the molecule is CC(C)CCCC(CCl)Cc1ccccc1. The van der Waals surface area contributed by atoms with E-state index in [4.69, 9.17) is 11.6 Å². The summed E-state index contributed by atoms with van der Waals surface area (Å²) in [5.41, 5.74) is 1.41. The Morgan fingerprint density at radius 1 is 1.06 bits per heavy atom. The third-order valence-corrected chi connectivity index (χ3v) is 3.42. The molecule has 0 spiro atoms. The third kappa shape index (κ3) is 5.55. The summed E-state index contributed by atoms with van der Waals surface area (Å²) in [6, 6.07) is 10.7. The van der Waals surface area contributed by atoms with E-state index in [1.54, 1.807) is 0 Å². The molecule has 0 fully saturated rings. The van der Waals surface area contributed by atoms with Gasteiger partial charge in [0.05, 0.1) is 0 Å². The highest BCUT2D eigenvalue weighted by Crippen LogP contribution is 2.18. The molecule has 90 valence electrons. The number of benzene rings is 1. The van der Waals surface area contributed by atoms with Gasteiger partial charge in [0, 0.05) is 5.88 Å². The maximum absolute atomic E-state index is 6.03. The minimum Gasteiger partial charge on any atom is -0.126 e. The van der Waals surface area contributed by atoms with Crippen LogP contribution in [0.5, 0.6) is 0 Å². The van der Waals surface area contributed by atoms with Gasteiger partial charge >= 0.3 is 0 Å². The van der Waals surface area contributed by atoms with Crippen LogP contribution in [-0.4, -0.2) is 5.88 Å². The van der Waals surface area contributed by atoms with Crippen LogP contribution < -0.4 is 0 Å². The summed E-state index contributed by atoms with van der Waals surface area (Å²) in [6.45, 7) is 4.57. The average Bonchev–Trinajstić information content (AvgIpc) is 2.28. The molecule has 0 nitrogen and oxygen atoms in total. The van der Waals surface area contributed by atoms with Crippen molar-refractivity contribution >= 4 is 11.6 Å². The van der Waals surface area contributed by atoms with Crippen LogP contribution in [-0.2, 0) is 6.42 Å². The second-order valence-corrected chi connectivity index (χ2v) is 5.34. The Kier molecular flexibility index (Phi) is 6.56. The molecule has 0 saturated heterocycles. The lowest BCUT2D eigenvalue weighted by Gasteiger charge is -2.14. The fraction of sp³-hybridized carbons (Fsp3) is 0.600. The van der Waals surface area contributed by atoms with Crippen LogP contribution in [0.4, 0.5) is 0 Å². The Morgan fingerprint density at radius 2 is 1.75 bits per heavy atom. The first-order valence-corrected chi connectivity index (χ1v) is 6.85. The number of hydrogen-bond donors (Lipinski definition) is 0. The summed E-state index contributed by atoms with van der Waals surface area (Å²) < 4.78 is 0. The Labute approximate surface area is 105 Å². The predicted octanol–water partition coefficient (Wildman–Crippen LogP) is 4.91. The van der Waals surface area contributed by atoms with Crippen molar-refractivity contribution in [3.63, 3.8) is 0 Å². The summed E-state index contributed by atoms with van der Waals surface area (Å²) >= 11 is 6.03. The minimum atomic E-state index is 0.641. The molecule has 1 unspecified atom stereocenters. The normalized spacial score (nSPS) is 13.0. The van der Waals surface area contributed by atoms with Gasteiger partial charge in [-0.15, -0.1) is 11.6 Å². The second kappa shape index (κ2) is 7.73. The van der Waals surface area contributed by atoms with E-state index in [1.165, 1.54) is 24.8 Å². The van der Waals surface area contributed by atoms with Gasteiger partial charge in [0.15, 0.2) is 0 Å². The molecule has 16 heavy (non-hydrogen) atoms. The molecule has 0 amide bonds. The van der Waals surface area contributed by atoms with Crippen molar-refractivity contribution < 1.29 is 0 Å². The smallest absolute Gasteiger partial charge is 0.0254 e. The monoisotopic (exact) mass is 238 g/mol. The molecule has 0 aromatic heterocycles. The Bertz CT molecular complexity index is 266. The van der Waals surface area contributed by atoms with E-state index in [0.29, 0.717) is 5.92 Å². The second-order valence-electron chi connectivity index (χ2n) is 5.03. The summed E-state index contributed by atoms with van der Waals surface area (Å²) in [5, 5.41) is 0. The van der Waals surface area contributed by atoms with Crippen molar-refractivity contribution in [2.45, 2.75) is 39.5 Å². The fourth-order valence-corrected chi connectivity index (χ4v) is 2.26. The zero-order valence-corrected chi connectivity index (χ0v) is 11.2. The molecular formula is C15H23Cl. The molecule has 0 N–H and O–H groups in total. The van der Waals surface area contributed by atoms with E-state index in [0.717, 1.165) is 18.2 Å². The molecule has 1 aromatic carbocycles. The van der Waals surface area contributed by atoms with Gasteiger partial charge in [0.25, 0.3) is 0 Å². The molecular weight excluding hydrogens is 216 g/mol. The van der Waals surface area contributed by atoms with Crippen molar-refractivity contribution in [1.82, 2.24) is 0 Å². The first-order valence-electron chi connectivity index (χ1n) is 6.32. The largest absolute Gasteiger partial charge is 0.126 e. The first kappa shape index (κ1) is 13.6. The van der Waals surface area contributed by atoms with Crippen LogP contribution in [0.3, 0.4) is 0 Å². The number of alkyl halides is 1. The summed E-state index contributed by atoms with van der Waals surface area (Å²) in [4.78, 5) is 0. The van der Waals surface area contributed by atoms with Crippen molar-refractivity contribution in [2.75, 3.05) is 5.88 Å². The zero-order valence-electron chi connectivity index (χ0n) is 10.5. The van der Waals surface area contributed by atoms with E-state index in [-0.39, 0.29) is 0 Å². The van der Waals surface area contributed by atoms with E-state index >= 15 is 0 Å². The Balaban J connectivity index is 2.32. The topological polar surface area (TPSA) is 0 Å². The van der Waals surface area contributed by atoms with Crippen LogP contribution in [0.15, 0.2) is 30.3 Å². The van der Waals surface area contributed by atoms with Crippen molar-refractivity contribution in [3.05, 3.63) is 35.9 Å². The first-order chi connectivity index (χ1) is 7.72. The Hall–Kier alpha value is -0.490. The van der Waals surface area contributed by atoms with Crippen molar-refractivity contribution in [2.24, 2.45) is 11.8 Å². The molecule has 0 aliphatic rings. The standard InChI is InChI=1S/C15H23Cl/c1-13(2)7-6-10-15(12-16)11-14-8-4-3-5-9-14/h3-5,8-9,13,15H,6-7,10-12H2,1-2H3. The number of rotatable bonds is 7. The van der Waals surface area contributed by atoms with Crippen molar-refractivity contribution in [1.29, 1.82) is 0 Å². The van der Waals surface area contributed by atoms with E-state index < -0.39 is 0 Å². The zero-order chi connectivity index (χ0) is 11.8. The van der Waals surface area contributed by atoms with E-state index in [9.17, 15) is 0 Å². The highest BCUT2D eigenvalue weighted by atomic mass is 35.5. The van der Waals surface area contributed by atoms with Crippen LogP contribution >= 0.6 is 11.6 Å². The lowest BCUT2D eigenvalue weighted by molar-refractivity contribution is 0.459. The van der Waals surface area contributed by atoms with Gasteiger partial charge in [0.2, 0.25) is 0 Å². The summed E-state index contributed by atoms with van der Waals surface area (Å²) in [5.74, 6) is 2.24. The summed E-state index contributed by atoms with van der Waals surface area (Å²) in [6.07, 6.45) is 5.02. The quantitative estimate of drug-likeness (QED) is 0.592. The van der Waals surface area contributed by atoms with Gasteiger partial charge in [-0.3, -0.25) is 0 Å². The molecule has 1 atom stereocenters. The van der Waals surface area contributed by atoms with Gasteiger partial charge < -0.3 is 0 Å². The molecule has 0 aliphatic heterocycles. The predicted molar refractivity (Wildman–Crippen MR) is 73.0 cm³/mol. The third-order valence-electron chi connectivity index (χ3n) is 2.98. The number of hydrogen-bond acceptors (Lipinski definition) is 0. The van der Waals surface area contributed by atoms with Gasteiger partial charge in [-0.25, -0.2) is 0 Å². The lowest BCUT2D eigenvalue weighted by Crippen LogP contribution is -2.07.